The Balaban J connectivity index is 2.17. The second-order valence-electron chi connectivity index (χ2n) is 6.90. The molecule has 1 saturated carbocycles. The highest BCUT2D eigenvalue weighted by atomic mass is 19.1. The first kappa shape index (κ1) is 16.3. The van der Waals surface area contributed by atoms with Crippen molar-refractivity contribution in [3.63, 3.8) is 0 Å². The highest BCUT2D eigenvalue weighted by Crippen LogP contribution is 2.38. The zero-order chi connectivity index (χ0) is 15.5. The van der Waals surface area contributed by atoms with Gasteiger partial charge >= 0.3 is 0 Å². The van der Waals surface area contributed by atoms with Crippen LogP contribution in [0.5, 0.6) is 5.75 Å². The number of hydrogen-bond donors (Lipinski definition) is 1. The maximum atomic E-state index is 14.0. The Kier molecular flexibility index (Phi) is 5.26. The molecule has 0 amide bonds. The SMILES string of the molecule is CCCNC1C(Oc2cc(C)ccc2F)CCCC1(C)C. The van der Waals surface area contributed by atoms with E-state index in [-0.39, 0.29) is 23.4 Å². The third-order valence-corrected chi connectivity index (χ3v) is 4.50. The molecule has 1 aromatic carbocycles. The van der Waals surface area contributed by atoms with Crippen LogP contribution >= 0.6 is 0 Å². The number of rotatable bonds is 5. The molecule has 3 heteroatoms. The Hall–Kier alpha value is -1.09. The zero-order valence-electron chi connectivity index (χ0n) is 13.7. The summed E-state index contributed by atoms with van der Waals surface area (Å²) in [6.45, 7) is 9.66. The van der Waals surface area contributed by atoms with Crippen molar-refractivity contribution < 1.29 is 9.13 Å². The lowest BCUT2D eigenvalue weighted by Gasteiger charge is -2.44. The molecule has 0 bridgehead atoms. The molecule has 1 fully saturated rings. The van der Waals surface area contributed by atoms with Gasteiger partial charge in [-0.3, -0.25) is 0 Å². The molecule has 1 N–H and O–H groups in total. The monoisotopic (exact) mass is 293 g/mol. The van der Waals surface area contributed by atoms with Gasteiger partial charge in [-0.25, -0.2) is 4.39 Å². The van der Waals surface area contributed by atoms with Crippen LogP contribution in [0, 0.1) is 18.2 Å². The fraction of sp³-hybridized carbons (Fsp3) is 0.667. The maximum absolute atomic E-state index is 14.0. The van der Waals surface area contributed by atoms with Crippen LogP contribution in [0.2, 0.25) is 0 Å². The molecule has 1 aliphatic rings. The van der Waals surface area contributed by atoms with Gasteiger partial charge < -0.3 is 10.1 Å². The molecule has 1 aromatic rings. The van der Waals surface area contributed by atoms with Gasteiger partial charge in [-0.2, -0.15) is 0 Å². The fourth-order valence-corrected chi connectivity index (χ4v) is 3.28. The summed E-state index contributed by atoms with van der Waals surface area (Å²) in [5, 5.41) is 3.62. The number of halogens is 1. The van der Waals surface area contributed by atoms with Crippen molar-refractivity contribution in [2.75, 3.05) is 6.54 Å². The van der Waals surface area contributed by atoms with E-state index in [1.165, 1.54) is 12.5 Å². The normalized spacial score (nSPS) is 24.8. The van der Waals surface area contributed by atoms with Crippen LogP contribution in [-0.4, -0.2) is 18.7 Å². The van der Waals surface area contributed by atoms with E-state index in [0.717, 1.165) is 31.4 Å². The molecule has 118 valence electrons. The number of ether oxygens (including phenoxy) is 1. The van der Waals surface area contributed by atoms with Crippen LogP contribution in [0.25, 0.3) is 0 Å². The molecule has 0 saturated heterocycles. The first-order chi connectivity index (χ1) is 9.94. The minimum absolute atomic E-state index is 0.0385. The largest absolute Gasteiger partial charge is 0.486 e. The van der Waals surface area contributed by atoms with Crippen molar-refractivity contribution in [1.29, 1.82) is 0 Å². The molecule has 2 atom stereocenters. The van der Waals surface area contributed by atoms with Gasteiger partial charge in [0, 0.05) is 6.04 Å². The van der Waals surface area contributed by atoms with E-state index in [1.54, 1.807) is 12.1 Å². The van der Waals surface area contributed by atoms with Gasteiger partial charge in [-0.1, -0.05) is 26.8 Å². The van der Waals surface area contributed by atoms with Crippen LogP contribution in [0.4, 0.5) is 4.39 Å². The zero-order valence-corrected chi connectivity index (χ0v) is 13.7. The molecule has 21 heavy (non-hydrogen) atoms. The molecule has 0 aromatic heterocycles. The predicted molar refractivity (Wildman–Crippen MR) is 85.3 cm³/mol. The van der Waals surface area contributed by atoms with Gasteiger partial charge in [-0.15, -0.1) is 0 Å². The maximum Gasteiger partial charge on any atom is 0.165 e. The summed E-state index contributed by atoms with van der Waals surface area (Å²) in [6.07, 6.45) is 4.44. The summed E-state index contributed by atoms with van der Waals surface area (Å²) >= 11 is 0. The molecule has 0 heterocycles. The van der Waals surface area contributed by atoms with Crippen molar-refractivity contribution in [1.82, 2.24) is 5.32 Å². The van der Waals surface area contributed by atoms with Crippen LogP contribution in [0.3, 0.4) is 0 Å². The molecule has 2 rings (SSSR count). The highest BCUT2D eigenvalue weighted by Gasteiger charge is 2.40. The number of hydrogen-bond acceptors (Lipinski definition) is 2. The Morgan fingerprint density at radius 2 is 2.14 bits per heavy atom. The van der Waals surface area contributed by atoms with Crippen molar-refractivity contribution in [2.45, 2.75) is 65.5 Å². The lowest BCUT2D eigenvalue weighted by molar-refractivity contribution is 0.0341. The summed E-state index contributed by atoms with van der Waals surface area (Å²) in [5.41, 5.74) is 1.21. The first-order valence-corrected chi connectivity index (χ1v) is 8.10. The van der Waals surface area contributed by atoms with E-state index < -0.39 is 0 Å². The molecule has 0 aliphatic heterocycles. The highest BCUT2D eigenvalue weighted by molar-refractivity contribution is 5.29. The minimum atomic E-state index is -0.266. The van der Waals surface area contributed by atoms with Crippen LogP contribution in [0.15, 0.2) is 18.2 Å². The molecule has 1 aliphatic carbocycles. The Labute approximate surface area is 128 Å². The number of nitrogens with one attached hydrogen (secondary N) is 1. The van der Waals surface area contributed by atoms with Crippen molar-refractivity contribution in [3.8, 4) is 5.75 Å². The fourth-order valence-electron chi connectivity index (χ4n) is 3.28. The Morgan fingerprint density at radius 3 is 2.86 bits per heavy atom. The lowest BCUT2D eigenvalue weighted by Crippen LogP contribution is -2.54. The summed E-state index contributed by atoms with van der Waals surface area (Å²) < 4.78 is 20.0. The Bertz CT molecular complexity index is 472. The number of benzene rings is 1. The Morgan fingerprint density at radius 1 is 1.38 bits per heavy atom. The molecule has 2 nitrogen and oxygen atoms in total. The molecule has 0 spiro atoms. The standard InChI is InChI=1S/C18H28FNO/c1-5-11-20-17-15(7-6-10-18(17,3)4)21-16-12-13(2)8-9-14(16)19/h8-9,12,15,17,20H,5-7,10-11H2,1-4H3. The van der Waals surface area contributed by atoms with Crippen molar-refractivity contribution >= 4 is 0 Å². The molecular formula is C18H28FNO. The average Bonchev–Trinajstić information content (AvgIpc) is 2.41. The minimum Gasteiger partial charge on any atom is -0.486 e. The van der Waals surface area contributed by atoms with Gasteiger partial charge in [0.15, 0.2) is 11.6 Å². The lowest BCUT2D eigenvalue weighted by atomic mass is 9.71. The van der Waals surface area contributed by atoms with E-state index in [0.29, 0.717) is 5.75 Å². The summed E-state index contributed by atoms with van der Waals surface area (Å²) in [7, 11) is 0. The summed E-state index contributed by atoms with van der Waals surface area (Å²) in [4.78, 5) is 0. The second-order valence-corrected chi connectivity index (χ2v) is 6.90. The molecular weight excluding hydrogens is 265 g/mol. The topological polar surface area (TPSA) is 21.3 Å². The van der Waals surface area contributed by atoms with Crippen LogP contribution < -0.4 is 10.1 Å². The smallest absolute Gasteiger partial charge is 0.165 e. The molecule has 0 radical (unpaired) electrons. The van der Waals surface area contributed by atoms with Crippen LogP contribution in [-0.2, 0) is 0 Å². The van der Waals surface area contributed by atoms with Gasteiger partial charge in [0.1, 0.15) is 6.10 Å². The number of aryl methyl sites for hydroxylation is 1. The summed E-state index contributed by atoms with van der Waals surface area (Å²) in [5.74, 6) is 0.124. The predicted octanol–water partition coefficient (Wildman–Crippen LogP) is 4.46. The summed E-state index contributed by atoms with van der Waals surface area (Å²) in [6, 6.07) is 5.34. The first-order valence-electron chi connectivity index (χ1n) is 8.10. The quantitative estimate of drug-likeness (QED) is 0.865. The van der Waals surface area contributed by atoms with E-state index in [9.17, 15) is 4.39 Å². The van der Waals surface area contributed by atoms with E-state index in [2.05, 4.69) is 26.1 Å². The van der Waals surface area contributed by atoms with E-state index in [1.807, 2.05) is 6.92 Å². The van der Waals surface area contributed by atoms with E-state index in [4.69, 9.17) is 4.74 Å². The third-order valence-electron chi connectivity index (χ3n) is 4.50. The van der Waals surface area contributed by atoms with Crippen molar-refractivity contribution in [2.24, 2.45) is 5.41 Å². The second kappa shape index (κ2) is 6.78. The van der Waals surface area contributed by atoms with Crippen LogP contribution in [0.1, 0.15) is 52.0 Å². The van der Waals surface area contributed by atoms with Gasteiger partial charge in [0.25, 0.3) is 0 Å². The van der Waals surface area contributed by atoms with Gasteiger partial charge in [0.2, 0.25) is 0 Å². The van der Waals surface area contributed by atoms with Crippen molar-refractivity contribution in [3.05, 3.63) is 29.6 Å². The average molecular weight is 293 g/mol. The third kappa shape index (κ3) is 3.97. The van der Waals surface area contributed by atoms with Gasteiger partial charge in [-0.05, 0) is 62.3 Å². The van der Waals surface area contributed by atoms with Gasteiger partial charge in [0.05, 0.1) is 0 Å². The molecule has 2 unspecified atom stereocenters. The van der Waals surface area contributed by atoms with E-state index >= 15 is 0 Å².